The van der Waals surface area contributed by atoms with Gasteiger partial charge in [-0.15, -0.1) is 0 Å². The van der Waals surface area contributed by atoms with Crippen molar-refractivity contribution in [3.8, 4) is 5.75 Å². The molecular formula is C8H11N3O3. The molecule has 0 fully saturated rings. The van der Waals surface area contributed by atoms with E-state index in [9.17, 15) is 14.7 Å². The van der Waals surface area contributed by atoms with E-state index in [-0.39, 0.29) is 11.4 Å². The van der Waals surface area contributed by atoms with Gasteiger partial charge in [-0.05, 0) is 6.92 Å². The van der Waals surface area contributed by atoms with Crippen molar-refractivity contribution in [1.82, 2.24) is 4.57 Å². The van der Waals surface area contributed by atoms with E-state index < -0.39 is 11.6 Å². The molecule has 4 N–H and O–H groups in total. The zero-order chi connectivity index (χ0) is 10.9. The predicted molar refractivity (Wildman–Crippen MR) is 51.3 cm³/mol. The average molecular weight is 197 g/mol. The van der Waals surface area contributed by atoms with E-state index in [0.717, 1.165) is 0 Å². The van der Waals surface area contributed by atoms with Crippen LogP contribution in [0.25, 0.3) is 0 Å². The monoisotopic (exact) mass is 197 g/mol. The fourth-order valence-corrected chi connectivity index (χ4v) is 1.12. The standard InChI is InChI=1S/C8H11N3O3/c1-4-3-11(2)7(13)5(6(4)12)10-8(9)14/h3,12H,1-2H3,(H3,9,10,14). The van der Waals surface area contributed by atoms with Crippen LogP contribution in [0.4, 0.5) is 10.5 Å². The van der Waals surface area contributed by atoms with Crippen LogP contribution in [0.1, 0.15) is 5.56 Å². The first-order valence-corrected chi connectivity index (χ1v) is 3.89. The second-order valence-electron chi connectivity index (χ2n) is 2.94. The molecule has 1 aromatic rings. The molecule has 0 spiro atoms. The van der Waals surface area contributed by atoms with E-state index in [0.29, 0.717) is 5.56 Å². The molecule has 2 amide bonds. The van der Waals surface area contributed by atoms with Crippen LogP contribution in [0.15, 0.2) is 11.0 Å². The first-order chi connectivity index (χ1) is 6.43. The summed E-state index contributed by atoms with van der Waals surface area (Å²) in [7, 11) is 1.51. The minimum absolute atomic E-state index is 0.194. The summed E-state index contributed by atoms with van der Waals surface area (Å²) in [5.41, 5.74) is 4.63. The number of anilines is 1. The van der Waals surface area contributed by atoms with Crippen molar-refractivity contribution in [3.63, 3.8) is 0 Å². The molecule has 0 atom stereocenters. The molecule has 0 bridgehead atoms. The third-order valence-electron chi connectivity index (χ3n) is 1.78. The quantitative estimate of drug-likeness (QED) is 0.585. The van der Waals surface area contributed by atoms with Gasteiger partial charge in [0.05, 0.1) is 0 Å². The van der Waals surface area contributed by atoms with E-state index in [4.69, 9.17) is 5.73 Å². The summed E-state index contributed by atoms with van der Waals surface area (Å²) in [5.74, 6) is -0.257. The number of nitrogens with zero attached hydrogens (tertiary/aromatic N) is 1. The molecule has 76 valence electrons. The van der Waals surface area contributed by atoms with Crippen LogP contribution in [0.3, 0.4) is 0 Å². The highest BCUT2D eigenvalue weighted by Crippen LogP contribution is 2.22. The van der Waals surface area contributed by atoms with E-state index in [1.807, 2.05) is 0 Å². The molecule has 6 nitrogen and oxygen atoms in total. The van der Waals surface area contributed by atoms with Gasteiger partial charge in [0.15, 0.2) is 5.69 Å². The van der Waals surface area contributed by atoms with Crippen LogP contribution >= 0.6 is 0 Å². The fraction of sp³-hybridized carbons (Fsp3) is 0.250. The van der Waals surface area contributed by atoms with Gasteiger partial charge in [0.1, 0.15) is 5.75 Å². The second kappa shape index (κ2) is 3.41. The smallest absolute Gasteiger partial charge is 0.316 e. The summed E-state index contributed by atoms with van der Waals surface area (Å²) in [6, 6.07) is -0.886. The van der Waals surface area contributed by atoms with Gasteiger partial charge < -0.3 is 20.7 Å². The topological polar surface area (TPSA) is 97.4 Å². The molecule has 0 aliphatic carbocycles. The first-order valence-electron chi connectivity index (χ1n) is 3.89. The average Bonchev–Trinajstić information content (AvgIpc) is 2.09. The molecule has 0 saturated heterocycles. The number of carbonyl (C=O) groups is 1. The number of urea groups is 1. The first kappa shape index (κ1) is 10.1. The van der Waals surface area contributed by atoms with Crippen molar-refractivity contribution in [2.24, 2.45) is 12.8 Å². The van der Waals surface area contributed by atoms with Crippen LogP contribution in [0.2, 0.25) is 0 Å². The highest BCUT2D eigenvalue weighted by atomic mass is 16.3. The maximum atomic E-state index is 11.4. The molecule has 1 rings (SSSR count). The maximum Gasteiger partial charge on any atom is 0.316 e. The minimum atomic E-state index is -0.886. The van der Waals surface area contributed by atoms with E-state index in [2.05, 4.69) is 5.32 Å². The maximum absolute atomic E-state index is 11.4. The highest BCUT2D eigenvalue weighted by molar-refractivity contribution is 5.89. The largest absolute Gasteiger partial charge is 0.505 e. The number of aromatic hydroxyl groups is 1. The molecule has 0 unspecified atom stereocenters. The number of nitrogens with one attached hydrogen (secondary N) is 1. The summed E-state index contributed by atoms with van der Waals surface area (Å²) >= 11 is 0. The SMILES string of the molecule is Cc1cn(C)c(=O)c(NC(N)=O)c1O. The molecule has 0 radical (unpaired) electrons. The number of aryl methyl sites for hydroxylation is 2. The summed E-state index contributed by atoms with van der Waals surface area (Å²) in [6.45, 7) is 1.61. The van der Waals surface area contributed by atoms with Crippen molar-refractivity contribution in [2.45, 2.75) is 6.92 Å². The summed E-state index contributed by atoms with van der Waals surface area (Å²) in [5, 5.41) is 11.5. The second-order valence-corrected chi connectivity index (χ2v) is 2.94. The molecular weight excluding hydrogens is 186 g/mol. The van der Waals surface area contributed by atoms with E-state index >= 15 is 0 Å². The van der Waals surface area contributed by atoms with E-state index in [1.165, 1.54) is 17.8 Å². The molecule has 0 aromatic carbocycles. The molecule has 1 heterocycles. The van der Waals surface area contributed by atoms with Gasteiger partial charge in [-0.1, -0.05) is 0 Å². The number of primary amides is 1. The number of hydrogen-bond acceptors (Lipinski definition) is 3. The van der Waals surface area contributed by atoms with Gasteiger partial charge in [-0.3, -0.25) is 4.79 Å². The van der Waals surface area contributed by atoms with Gasteiger partial charge in [0.2, 0.25) is 0 Å². The number of carbonyl (C=O) groups excluding carboxylic acids is 1. The lowest BCUT2D eigenvalue weighted by atomic mass is 10.2. The van der Waals surface area contributed by atoms with Gasteiger partial charge in [0.25, 0.3) is 5.56 Å². The Bertz CT molecular complexity index is 436. The third kappa shape index (κ3) is 1.68. The van der Waals surface area contributed by atoms with Gasteiger partial charge in [0, 0.05) is 18.8 Å². The van der Waals surface area contributed by atoms with Crippen LogP contribution in [-0.2, 0) is 7.05 Å². The highest BCUT2D eigenvalue weighted by Gasteiger charge is 2.12. The third-order valence-corrected chi connectivity index (χ3v) is 1.78. The lowest BCUT2D eigenvalue weighted by molar-refractivity contribution is 0.259. The number of nitrogens with two attached hydrogens (primary N) is 1. The lowest BCUT2D eigenvalue weighted by Gasteiger charge is -2.08. The Balaban J connectivity index is 3.39. The Morgan fingerprint density at radius 1 is 1.64 bits per heavy atom. The van der Waals surface area contributed by atoms with Crippen LogP contribution in [0.5, 0.6) is 5.75 Å². The summed E-state index contributed by atoms with van der Waals surface area (Å²) < 4.78 is 1.25. The number of pyridine rings is 1. The molecule has 14 heavy (non-hydrogen) atoms. The Hall–Kier alpha value is -1.98. The van der Waals surface area contributed by atoms with Gasteiger partial charge in [-0.2, -0.15) is 0 Å². The molecule has 6 heteroatoms. The number of aromatic nitrogens is 1. The fourth-order valence-electron chi connectivity index (χ4n) is 1.12. The summed E-state index contributed by atoms with van der Waals surface area (Å²) in [4.78, 5) is 22.0. The van der Waals surface area contributed by atoms with Crippen molar-refractivity contribution in [3.05, 3.63) is 22.1 Å². The Labute approximate surface area is 80.0 Å². The Morgan fingerprint density at radius 3 is 2.71 bits per heavy atom. The van der Waals surface area contributed by atoms with Crippen molar-refractivity contribution >= 4 is 11.7 Å². The predicted octanol–water partition coefficient (Wildman–Crippen LogP) is -0.110. The van der Waals surface area contributed by atoms with Crippen LogP contribution in [0, 0.1) is 6.92 Å². The number of rotatable bonds is 1. The van der Waals surface area contributed by atoms with E-state index in [1.54, 1.807) is 6.92 Å². The lowest BCUT2D eigenvalue weighted by Crippen LogP contribution is -2.27. The molecule has 0 aliphatic rings. The zero-order valence-electron chi connectivity index (χ0n) is 7.87. The Morgan fingerprint density at radius 2 is 2.21 bits per heavy atom. The zero-order valence-corrected chi connectivity index (χ0v) is 7.87. The van der Waals surface area contributed by atoms with Crippen LogP contribution < -0.4 is 16.6 Å². The minimum Gasteiger partial charge on any atom is -0.505 e. The summed E-state index contributed by atoms with van der Waals surface area (Å²) in [6.07, 6.45) is 1.46. The van der Waals surface area contributed by atoms with Crippen LogP contribution in [-0.4, -0.2) is 15.7 Å². The normalized spacial score (nSPS) is 9.86. The van der Waals surface area contributed by atoms with Crippen molar-refractivity contribution in [2.75, 3.05) is 5.32 Å². The number of hydrogen-bond donors (Lipinski definition) is 3. The number of amides is 2. The molecule has 0 aliphatic heterocycles. The molecule has 1 aromatic heterocycles. The Kier molecular flexibility index (Phi) is 2.46. The van der Waals surface area contributed by atoms with Crippen molar-refractivity contribution < 1.29 is 9.90 Å². The van der Waals surface area contributed by atoms with Crippen molar-refractivity contribution in [1.29, 1.82) is 0 Å². The van der Waals surface area contributed by atoms with Gasteiger partial charge >= 0.3 is 6.03 Å². The van der Waals surface area contributed by atoms with Gasteiger partial charge in [-0.25, -0.2) is 4.79 Å². The molecule has 0 saturated carbocycles.